The van der Waals surface area contributed by atoms with Crippen molar-refractivity contribution in [1.82, 2.24) is 14.7 Å². The minimum absolute atomic E-state index is 0.0109. The van der Waals surface area contributed by atoms with Crippen LogP contribution in [0.25, 0.3) is 5.69 Å². The number of benzene rings is 2. The smallest absolute Gasteiger partial charge is 0.259 e. The number of nitrogens with one attached hydrogen (secondary N) is 1. The Balaban J connectivity index is 1.76. The van der Waals surface area contributed by atoms with Crippen LogP contribution in [0.15, 0.2) is 54.7 Å². The third-order valence-electron chi connectivity index (χ3n) is 5.04. The number of amides is 2. The van der Waals surface area contributed by atoms with Gasteiger partial charge in [-0.1, -0.05) is 18.2 Å². The summed E-state index contributed by atoms with van der Waals surface area (Å²) < 4.78 is 1.77. The lowest BCUT2D eigenvalue weighted by atomic mass is 10.1. The Morgan fingerprint density at radius 2 is 1.66 bits per heavy atom. The van der Waals surface area contributed by atoms with Gasteiger partial charge in [-0.2, -0.15) is 5.10 Å². The monoisotopic (exact) mass is 390 g/mol. The Morgan fingerprint density at radius 1 is 1.00 bits per heavy atom. The molecule has 3 rings (SSSR count). The van der Waals surface area contributed by atoms with Crippen LogP contribution in [0, 0.1) is 13.8 Å². The van der Waals surface area contributed by atoms with Crippen LogP contribution in [-0.2, 0) is 0 Å². The molecule has 1 N–H and O–H groups in total. The van der Waals surface area contributed by atoms with Gasteiger partial charge in [0.15, 0.2) is 0 Å². The van der Waals surface area contributed by atoms with E-state index in [4.69, 9.17) is 0 Å². The van der Waals surface area contributed by atoms with Gasteiger partial charge in [-0.05, 0) is 63.6 Å². The fourth-order valence-electron chi connectivity index (χ4n) is 3.26. The molecular weight excluding hydrogens is 364 g/mol. The molecule has 0 saturated carbocycles. The quantitative estimate of drug-likeness (QED) is 0.685. The van der Waals surface area contributed by atoms with E-state index in [-0.39, 0.29) is 11.8 Å². The summed E-state index contributed by atoms with van der Waals surface area (Å²) in [5.74, 6) is -0.242. The first-order valence-corrected chi connectivity index (χ1v) is 9.77. The Morgan fingerprint density at radius 3 is 2.28 bits per heavy atom. The molecule has 2 amide bonds. The van der Waals surface area contributed by atoms with Crippen LogP contribution < -0.4 is 5.32 Å². The lowest BCUT2D eigenvalue weighted by molar-refractivity contribution is 0.0773. The van der Waals surface area contributed by atoms with E-state index in [2.05, 4.69) is 10.4 Å². The number of hydrogen-bond donors (Lipinski definition) is 1. The molecule has 0 spiro atoms. The largest absolute Gasteiger partial charge is 0.339 e. The second-order valence-electron chi connectivity index (χ2n) is 6.85. The molecule has 29 heavy (non-hydrogen) atoms. The molecule has 1 aromatic heterocycles. The van der Waals surface area contributed by atoms with Crippen molar-refractivity contribution in [3.05, 3.63) is 77.1 Å². The highest BCUT2D eigenvalue weighted by Gasteiger charge is 2.17. The van der Waals surface area contributed by atoms with E-state index in [0.717, 1.165) is 16.9 Å². The summed E-state index contributed by atoms with van der Waals surface area (Å²) in [6, 6.07) is 14.9. The number of hydrogen-bond acceptors (Lipinski definition) is 3. The highest BCUT2D eigenvalue weighted by Crippen LogP contribution is 2.19. The van der Waals surface area contributed by atoms with Crippen LogP contribution in [0.5, 0.6) is 0 Å². The maximum absolute atomic E-state index is 12.7. The molecule has 0 unspecified atom stereocenters. The highest BCUT2D eigenvalue weighted by atomic mass is 16.2. The van der Waals surface area contributed by atoms with Crippen molar-refractivity contribution in [2.45, 2.75) is 27.7 Å². The van der Waals surface area contributed by atoms with Crippen molar-refractivity contribution >= 4 is 17.5 Å². The molecule has 0 aliphatic rings. The molecular formula is C23H26N4O2. The van der Waals surface area contributed by atoms with E-state index in [9.17, 15) is 9.59 Å². The predicted octanol–water partition coefficient (Wildman–Crippen LogP) is 4.22. The second kappa shape index (κ2) is 8.73. The van der Waals surface area contributed by atoms with Gasteiger partial charge in [0.2, 0.25) is 0 Å². The molecule has 0 aliphatic heterocycles. The Labute approximate surface area is 171 Å². The first kappa shape index (κ1) is 20.3. The summed E-state index contributed by atoms with van der Waals surface area (Å²) in [5, 5.41) is 7.28. The molecule has 0 radical (unpaired) electrons. The first-order valence-electron chi connectivity index (χ1n) is 9.77. The lowest BCUT2D eigenvalue weighted by Gasteiger charge is -2.18. The minimum Gasteiger partial charge on any atom is -0.339 e. The van der Waals surface area contributed by atoms with Gasteiger partial charge < -0.3 is 10.2 Å². The number of aromatic nitrogens is 2. The van der Waals surface area contributed by atoms with Crippen LogP contribution in [0.1, 0.15) is 45.8 Å². The van der Waals surface area contributed by atoms with E-state index < -0.39 is 0 Å². The van der Waals surface area contributed by atoms with Crippen molar-refractivity contribution in [2.75, 3.05) is 18.4 Å². The van der Waals surface area contributed by atoms with Crippen LogP contribution in [0.2, 0.25) is 0 Å². The van der Waals surface area contributed by atoms with Crippen molar-refractivity contribution in [3.8, 4) is 5.69 Å². The number of carbonyl (C=O) groups excluding carboxylic acids is 2. The highest BCUT2D eigenvalue weighted by molar-refractivity contribution is 6.05. The molecule has 0 saturated heterocycles. The SMILES string of the molecule is CCN(CC)C(=O)c1ccc(NC(=O)c2cnn(-c3ccccc3C)c2C)cc1. The summed E-state index contributed by atoms with van der Waals surface area (Å²) >= 11 is 0. The zero-order valence-electron chi connectivity index (χ0n) is 17.3. The molecule has 150 valence electrons. The maximum Gasteiger partial charge on any atom is 0.259 e. The molecule has 3 aromatic rings. The Bertz CT molecular complexity index is 1020. The second-order valence-corrected chi connectivity index (χ2v) is 6.85. The van der Waals surface area contributed by atoms with Gasteiger partial charge in [0.05, 0.1) is 23.1 Å². The summed E-state index contributed by atoms with van der Waals surface area (Å²) in [5.41, 5.74) is 4.55. The average Bonchev–Trinajstić information content (AvgIpc) is 3.11. The molecule has 0 bridgehead atoms. The summed E-state index contributed by atoms with van der Waals surface area (Å²) in [7, 11) is 0. The van der Waals surface area contributed by atoms with Crippen molar-refractivity contribution in [1.29, 1.82) is 0 Å². The van der Waals surface area contributed by atoms with E-state index in [1.165, 1.54) is 0 Å². The molecule has 6 heteroatoms. The number of anilines is 1. The number of nitrogens with zero attached hydrogens (tertiary/aromatic N) is 3. The van der Waals surface area contributed by atoms with Gasteiger partial charge in [-0.3, -0.25) is 9.59 Å². The van der Waals surface area contributed by atoms with Crippen LogP contribution >= 0.6 is 0 Å². The molecule has 6 nitrogen and oxygen atoms in total. The van der Waals surface area contributed by atoms with Crippen molar-refractivity contribution in [3.63, 3.8) is 0 Å². The number of rotatable bonds is 6. The maximum atomic E-state index is 12.7. The number of carbonyl (C=O) groups is 2. The third kappa shape index (κ3) is 4.21. The van der Waals surface area contributed by atoms with Gasteiger partial charge in [-0.25, -0.2) is 4.68 Å². The molecule has 0 aliphatic carbocycles. The first-order chi connectivity index (χ1) is 14.0. The fourth-order valence-corrected chi connectivity index (χ4v) is 3.26. The van der Waals surface area contributed by atoms with Gasteiger partial charge >= 0.3 is 0 Å². The van der Waals surface area contributed by atoms with Crippen LogP contribution in [0.4, 0.5) is 5.69 Å². The van der Waals surface area contributed by atoms with E-state index >= 15 is 0 Å². The minimum atomic E-state index is -0.231. The molecule has 0 atom stereocenters. The van der Waals surface area contributed by atoms with Crippen LogP contribution in [0.3, 0.4) is 0 Å². The molecule has 1 heterocycles. The van der Waals surface area contributed by atoms with Crippen molar-refractivity contribution < 1.29 is 9.59 Å². The third-order valence-corrected chi connectivity index (χ3v) is 5.04. The fraction of sp³-hybridized carbons (Fsp3) is 0.261. The standard InChI is InChI=1S/C23H26N4O2/c1-5-26(6-2)23(29)18-11-13-19(14-12-18)25-22(28)20-15-24-27(17(20)4)21-10-8-7-9-16(21)3/h7-15H,5-6H2,1-4H3,(H,25,28). The molecule has 2 aromatic carbocycles. The number of para-hydroxylation sites is 1. The van der Waals surface area contributed by atoms with Gasteiger partial charge in [-0.15, -0.1) is 0 Å². The molecule has 0 fully saturated rings. The Kier molecular flexibility index (Phi) is 6.12. The summed E-state index contributed by atoms with van der Waals surface area (Å²) in [6.07, 6.45) is 1.58. The van der Waals surface area contributed by atoms with Gasteiger partial charge in [0.1, 0.15) is 0 Å². The van der Waals surface area contributed by atoms with E-state index in [1.54, 1.807) is 40.0 Å². The number of aryl methyl sites for hydroxylation is 1. The predicted molar refractivity (Wildman–Crippen MR) is 115 cm³/mol. The summed E-state index contributed by atoms with van der Waals surface area (Å²) in [4.78, 5) is 26.9. The lowest BCUT2D eigenvalue weighted by Crippen LogP contribution is -2.30. The van der Waals surface area contributed by atoms with E-state index in [1.807, 2.05) is 52.0 Å². The van der Waals surface area contributed by atoms with Crippen molar-refractivity contribution in [2.24, 2.45) is 0 Å². The van der Waals surface area contributed by atoms with Gasteiger partial charge in [0, 0.05) is 24.3 Å². The zero-order chi connectivity index (χ0) is 21.0. The van der Waals surface area contributed by atoms with E-state index in [0.29, 0.717) is 29.9 Å². The summed E-state index contributed by atoms with van der Waals surface area (Å²) in [6.45, 7) is 9.12. The Hall–Kier alpha value is -3.41. The average molecular weight is 390 g/mol. The topological polar surface area (TPSA) is 67.2 Å². The zero-order valence-corrected chi connectivity index (χ0v) is 17.3. The normalized spacial score (nSPS) is 10.6. The van der Waals surface area contributed by atoms with Crippen LogP contribution in [-0.4, -0.2) is 39.6 Å². The van der Waals surface area contributed by atoms with Gasteiger partial charge in [0.25, 0.3) is 11.8 Å².